The SMILES string of the molecule is CCOC(=O)C1=C(C)N=c2s/c(=C/c3cc(I)c(OCc4ccc(I)cc4)c(OC)c3)c(=O)n2[C@@H]1c1ccc(C(C)C)cc1. The van der Waals surface area contributed by atoms with E-state index in [0.717, 1.165) is 23.8 Å². The Morgan fingerprint density at radius 1 is 1.09 bits per heavy atom. The highest BCUT2D eigenvalue weighted by Gasteiger charge is 2.33. The minimum atomic E-state index is -0.652. The number of carbonyl (C=O) groups excluding carboxylic acids is 1. The average molecular weight is 835 g/mol. The van der Waals surface area contributed by atoms with E-state index in [-0.39, 0.29) is 12.2 Å². The van der Waals surface area contributed by atoms with Crippen molar-refractivity contribution < 1.29 is 19.0 Å². The Morgan fingerprint density at radius 2 is 1.80 bits per heavy atom. The highest BCUT2D eigenvalue weighted by Crippen LogP contribution is 2.35. The van der Waals surface area contributed by atoms with E-state index in [2.05, 4.69) is 59.0 Å². The van der Waals surface area contributed by atoms with Crippen LogP contribution in [0.1, 0.15) is 61.9 Å². The van der Waals surface area contributed by atoms with E-state index in [9.17, 15) is 9.59 Å². The summed E-state index contributed by atoms with van der Waals surface area (Å²) in [5.41, 5.74) is 4.53. The Hall–Kier alpha value is -2.97. The van der Waals surface area contributed by atoms with Gasteiger partial charge in [-0.05, 0) is 118 Å². The van der Waals surface area contributed by atoms with Gasteiger partial charge >= 0.3 is 5.97 Å². The number of hydrogen-bond donors (Lipinski definition) is 0. The van der Waals surface area contributed by atoms with Crippen LogP contribution in [0.5, 0.6) is 11.5 Å². The molecule has 0 amide bonds. The third-order valence-corrected chi connectivity index (χ3v) is 9.79. The first-order valence-electron chi connectivity index (χ1n) is 14.2. The quantitative estimate of drug-likeness (QED) is 0.138. The van der Waals surface area contributed by atoms with Crippen molar-refractivity contribution in [2.75, 3.05) is 13.7 Å². The van der Waals surface area contributed by atoms with Gasteiger partial charge in [-0.3, -0.25) is 9.36 Å². The van der Waals surface area contributed by atoms with Gasteiger partial charge < -0.3 is 14.2 Å². The molecule has 10 heteroatoms. The van der Waals surface area contributed by atoms with Gasteiger partial charge in [-0.25, -0.2) is 9.79 Å². The van der Waals surface area contributed by atoms with Crippen LogP contribution in [-0.4, -0.2) is 24.3 Å². The minimum absolute atomic E-state index is 0.226. The summed E-state index contributed by atoms with van der Waals surface area (Å²) in [6.45, 7) is 8.45. The van der Waals surface area contributed by atoms with Crippen molar-refractivity contribution in [3.05, 3.63) is 121 Å². The van der Waals surface area contributed by atoms with Crippen LogP contribution in [0.2, 0.25) is 0 Å². The third kappa shape index (κ3) is 6.81. The molecule has 0 unspecified atom stereocenters. The Kier molecular flexibility index (Phi) is 10.3. The van der Waals surface area contributed by atoms with Gasteiger partial charge in [0.05, 0.1) is 39.1 Å². The van der Waals surface area contributed by atoms with Crippen LogP contribution >= 0.6 is 56.5 Å². The van der Waals surface area contributed by atoms with Crippen LogP contribution in [-0.2, 0) is 16.1 Å². The summed E-state index contributed by atoms with van der Waals surface area (Å²) in [5.74, 6) is 1.10. The molecule has 2 heterocycles. The lowest BCUT2D eigenvalue weighted by molar-refractivity contribution is -0.139. The number of ether oxygens (including phenoxy) is 3. The van der Waals surface area contributed by atoms with E-state index in [1.54, 1.807) is 25.5 Å². The summed E-state index contributed by atoms with van der Waals surface area (Å²) < 4.78 is 21.4. The van der Waals surface area contributed by atoms with Gasteiger partial charge in [-0.1, -0.05) is 61.6 Å². The smallest absolute Gasteiger partial charge is 0.338 e. The molecule has 1 aliphatic rings. The van der Waals surface area contributed by atoms with Crippen LogP contribution < -0.4 is 24.4 Å². The molecular weight excluding hydrogens is 802 g/mol. The second-order valence-electron chi connectivity index (χ2n) is 10.6. The second-order valence-corrected chi connectivity index (χ2v) is 14.0. The molecule has 0 saturated carbocycles. The molecule has 5 rings (SSSR count). The number of fused-ring (bicyclic) bond motifs is 1. The van der Waals surface area contributed by atoms with Gasteiger partial charge in [0.25, 0.3) is 5.56 Å². The van der Waals surface area contributed by atoms with Gasteiger partial charge in [-0.15, -0.1) is 0 Å². The molecule has 0 bridgehead atoms. The number of hydrogen-bond acceptors (Lipinski definition) is 7. The summed E-state index contributed by atoms with van der Waals surface area (Å²) in [4.78, 5) is 32.5. The summed E-state index contributed by atoms with van der Waals surface area (Å²) in [6, 6.07) is 19.4. The van der Waals surface area contributed by atoms with E-state index in [0.29, 0.717) is 44.6 Å². The summed E-state index contributed by atoms with van der Waals surface area (Å²) in [6.07, 6.45) is 1.83. The van der Waals surface area contributed by atoms with Crippen molar-refractivity contribution in [3.8, 4) is 11.5 Å². The molecule has 1 aliphatic heterocycles. The fraction of sp³-hybridized carbons (Fsp3) is 0.265. The van der Waals surface area contributed by atoms with Crippen molar-refractivity contribution in [1.82, 2.24) is 4.57 Å². The van der Waals surface area contributed by atoms with E-state index in [4.69, 9.17) is 19.2 Å². The number of benzene rings is 3. The number of methoxy groups -OCH3 is 1. The van der Waals surface area contributed by atoms with Gasteiger partial charge in [-0.2, -0.15) is 0 Å². The molecule has 228 valence electrons. The zero-order valence-electron chi connectivity index (χ0n) is 25.0. The van der Waals surface area contributed by atoms with Crippen LogP contribution in [0.4, 0.5) is 0 Å². The Labute approximate surface area is 287 Å². The number of aromatic nitrogens is 1. The largest absolute Gasteiger partial charge is 0.493 e. The fourth-order valence-corrected chi connectivity index (χ4v) is 7.21. The number of halogens is 2. The molecule has 1 atom stereocenters. The molecule has 4 aromatic rings. The standard InChI is InChI=1S/C34H32I2N2O5S/c1-6-42-33(40)29-20(4)37-34-38(30(29)24-11-9-23(10-12-24)19(2)3)32(39)28(44-34)17-22-15-26(36)31(27(16-22)41-5)43-18-21-7-13-25(35)14-8-21/h7-17,19,30H,6,18H2,1-5H3/b28-17+/t30-/m1/s1. The predicted molar refractivity (Wildman–Crippen MR) is 190 cm³/mol. The van der Waals surface area contributed by atoms with E-state index < -0.39 is 12.0 Å². The van der Waals surface area contributed by atoms with Crippen LogP contribution in [0.15, 0.2) is 81.7 Å². The minimum Gasteiger partial charge on any atom is -0.493 e. The van der Waals surface area contributed by atoms with Gasteiger partial charge in [0, 0.05) is 3.57 Å². The van der Waals surface area contributed by atoms with Crippen molar-refractivity contribution in [2.45, 2.75) is 46.3 Å². The van der Waals surface area contributed by atoms with E-state index in [1.807, 2.05) is 66.7 Å². The number of nitrogens with zero attached hydrogens (tertiary/aromatic N) is 2. The molecule has 0 spiro atoms. The molecule has 0 aliphatic carbocycles. The van der Waals surface area contributed by atoms with Crippen molar-refractivity contribution >= 4 is 68.6 Å². The number of allylic oxidation sites excluding steroid dienone is 1. The van der Waals surface area contributed by atoms with Crippen molar-refractivity contribution in [2.24, 2.45) is 4.99 Å². The highest BCUT2D eigenvalue weighted by molar-refractivity contribution is 14.1. The van der Waals surface area contributed by atoms with Crippen LogP contribution in [0.25, 0.3) is 6.08 Å². The van der Waals surface area contributed by atoms with Crippen LogP contribution in [0, 0.1) is 7.14 Å². The molecule has 1 aromatic heterocycles. The summed E-state index contributed by atoms with van der Waals surface area (Å²) >= 11 is 5.80. The van der Waals surface area contributed by atoms with Gasteiger partial charge in [0.1, 0.15) is 6.61 Å². The summed E-state index contributed by atoms with van der Waals surface area (Å²) in [7, 11) is 1.60. The number of thiazole rings is 1. The zero-order valence-corrected chi connectivity index (χ0v) is 30.2. The molecule has 44 heavy (non-hydrogen) atoms. The Balaban J connectivity index is 1.57. The first-order valence-corrected chi connectivity index (χ1v) is 17.1. The normalized spacial score (nSPS) is 14.8. The molecule has 0 fully saturated rings. The molecule has 0 radical (unpaired) electrons. The Bertz CT molecular complexity index is 1910. The molecule has 0 N–H and O–H groups in total. The topological polar surface area (TPSA) is 79.1 Å². The lowest BCUT2D eigenvalue weighted by atomic mass is 9.93. The second kappa shape index (κ2) is 14.0. The van der Waals surface area contributed by atoms with Gasteiger partial charge in [0.15, 0.2) is 16.3 Å². The van der Waals surface area contributed by atoms with Crippen LogP contribution in [0.3, 0.4) is 0 Å². The maximum Gasteiger partial charge on any atom is 0.338 e. The predicted octanol–water partition coefficient (Wildman–Crippen LogP) is 6.72. The van der Waals surface area contributed by atoms with E-state index in [1.165, 1.54) is 16.9 Å². The van der Waals surface area contributed by atoms with E-state index >= 15 is 0 Å². The maximum absolute atomic E-state index is 14.0. The first kappa shape index (κ1) is 32.4. The van der Waals surface area contributed by atoms with Gasteiger partial charge in [0.2, 0.25) is 0 Å². The lowest BCUT2D eigenvalue weighted by Crippen LogP contribution is -2.39. The lowest BCUT2D eigenvalue weighted by Gasteiger charge is -2.25. The van der Waals surface area contributed by atoms with Crippen molar-refractivity contribution in [1.29, 1.82) is 0 Å². The average Bonchev–Trinajstić information content (AvgIpc) is 3.30. The summed E-state index contributed by atoms with van der Waals surface area (Å²) in [5, 5.41) is 0. The Morgan fingerprint density at radius 3 is 2.43 bits per heavy atom. The highest BCUT2D eigenvalue weighted by atomic mass is 127. The molecule has 3 aromatic carbocycles. The molecule has 7 nitrogen and oxygen atoms in total. The van der Waals surface area contributed by atoms with Crippen molar-refractivity contribution in [3.63, 3.8) is 0 Å². The monoisotopic (exact) mass is 834 g/mol. The number of rotatable bonds is 9. The number of carbonyl (C=O) groups is 1. The molecule has 0 saturated heterocycles. The zero-order chi connectivity index (χ0) is 31.5. The maximum atomic E-state index is 14.0. The third-order valence-electron chi connectivity index (χ3n) is 7.28. The first-order chi connectivity index (χ1) is 21.1. The fourth-order valence-electron chi connectivity index (χ4n) is 5.02. The molecular formula is C34H32I2N2O5S. The number of esters is 1.